The number of carbonyl (C=O) groups is 2. The van der Waals surface area contributed by atoms with Crippen LogP contribution in [0.15, 0.2) is 24.3 Å². The van der Waals surface area contributed by atoms with Gasteiger partial charge in [0, 0.05) is 12.0 Å². The number of ketones is 1. The highest BCUT2D eigenvalue weighted by Gasteiger charge is 2.46. The van der Waals surface area contributed by atoms with Gasteiger partial charge in [0.05, 0.1) is 24.3 Å². The van der Waals surface area contributed by atoms with Crippen molar-refractivity contribution < 1.29 is 64.3 Å². The second-order valence-electron chi connectivity index (χ2n) is 8.63. The first kappa shape index (κ1) is 26.4. The summed E-state index contributed by atoms with van der Waals surface area (Å²) in [5.74, 6) is -3.17. The van der Waals surface area contributed by atoms with E-state index in [1.54, 1.807) is 0 Å². The lowest BCUT2D eigenvalue weighted by Crippen LogP contribution is -2.60. The van der Waals surface area contributed by atoms with Crippen LogP contribution in [-0.4, -0.2) is 91.9 Å². The Balaban J connectivity index is 1.51. The molecule has 1 aliphatic carbocycles. The molecule has 0 bridgehead atoms. The average molecular weight is 522 g/mol. The molecule has 1 aliphatic heterocycles. The molecular weight excluding hydrogens is 496 g/mol. The molecule has 0 radical (unpaired) electrons. The van der Waals surface area contributed by atoms with E-state index in [1.807, 2.05) is 0 Å². The Hall–Kier alpha value is -3.62. The maximum absolute atomic E-state index is 12.4. The van der Waals surface area contributed by atoms with E-state index in [1.165, 1.54) is 19.2 Å². The Kier molecular flexibility index (Phi) is 7.43. The Morgan fingerprint density at radius 3 is 2.32 bits per heavy atom. The molecule has 1 saturated heterocycles. The maximum atomic E-state index is 12.4. The molecule has 0 amide bonds. The molecule has 1 fully saturated rings. The zero-order valence-corrected chi connectivity index (χ0v) is 19.5. The minimum Gasteiger partial charge on any atom is -0.507 e. The fourth-order valence-corrected chi connectivity index (χ4v) is 4.30. The summed E-state index contributed by atoms with van der Waals surface area (Å²) in [6, 6.07) is 4.40. The van der Waals surface area contributed by atoms with Crippen molar-refractivity contribution in [2.45, 2.75) is 49.7 Å². The van der Waals surface area contributed by atoms with Crippen molar-refractivity contribution in [3.63, 3.8) is 0 Å². The molecule has 2 aromatic carbocycles. The number of aliphatic hydroxyl groups excluding tert-OH is 4. The van der Waals surface area contributed by atoms with Crippen LogP contribution in [-0.2, 0) is 9.47 Å². The number of phenolic OH excluding ortho intramolecular Hbond substituents is 3. The summed E-state index contributed by atoms with van der Waals surface area (Å²) in [7, 11) is 1.21. The largest absolute Gasteiger partial charge is 0.507 e. The maximum Gasteiger partial charge on any atom is 0.338 e. The highest BCUT2D eigenvalue weighted by Crippen LogP contribution is 2.42. The molecule has 1 heterocycles. The van der Waals surface area contributed by atoms with Gasteiger partial charge < -0.3 is 54.7 Å². The van der Waals surface area contributed by atoms with Gasteiger partial charge in [0.2, 0.25) is 12.0 Å². The number of aliphatic hydroxyl groups is 4. The van der Waals surface area contributed by atoms with Gasteiger partial charge >= 0.3 is 5.97 Å². The van der Waals surface area contributed by atoms with Gasteiger partial charge in [-0.05, 0) is 30.7 Å². The molecule has 0 unspecified atom stereocenters. The van der Waals surface area contributed by atoms with Gasteiger partial charge in [-0.25, -0.2) is 4.79 Å². The van der Waals surface area contributed by atoms with Crippen LogP contribution in [0.2, 0.25) is 0 Å². The van der Waals surface area contributed by atoms with E-state index in [9.17, 15) is 45.3 Å². The number of esters is 1. The third-order valence-corrected chi connectivity index (χ3v) is 6.22. The van der Waals surface area contributed by atoms with E-state index in [0.717, 1.165) is 12.1 Å². The summed E-state index contributed by atoms with van der Waals surface area (Å²) in [6.07, 6.45) is -9.37. The van der Waals surface area contributed by atoms with Crippen molar-refractivity contribution >= 4 is 11.8 Å². The van der Waals surface area contributed by atoms with Crippen LogP contribution in [0.1, 0.15) is 45.2 Å². The van der Waals surface area contributed by atoms with Crippen LogP contribution in [0.3, 0.4) is 0 Å². The van der Waals surface area contributed by atoms with Crippen LogP contribution in [0.5, 0.6) is 28.7 Å². The van der Waals surface area contributed by atoms with Gasteiger partial charge in [0.1, 0.15) is 42.5 Å². The number of hydrogen-bond donors (Lipinski definition) is 7. The molecule has 6 atom stereocenters. The van der Waals surface area contributed by atoms with Gasteiger partial charge in [-0.3, -0.25) is 4.79 Å². The molecule has 0 saturated carbocycles. The Morgan fingerprint density at radius 2 is 1.68 bits per heavy atom. The molecule has 13 heteroatoms. The summed E-state index contributed by atoms with van der Waals surface area (Å²) < 4.78 is 21.1. The van der Waals surface area contributed by atoms with Crippen molar-refractivity contribution in [2.75, 3.05) is 13.7 Å². The highest BCUT2D eigenvalue weighted by atomic mass is 16.7. The smallest absolute Gasteiger partial charge is 0.338 e. The topological polar surface area (TPSA) is 213 Å². The van der Waals surface area contributed by atoms with Gasteiger partial charge in [0.25, 0.3) is 0 Å². The van der Waals surface area contributed by atoms with E-state index >= 15 is 0 Å². The lowest BCUT2D eigenvalue weighted by molar-refractivity contribution is -0.277. The average Bonchev–Trinajstić information content (AvgIpc) is 2.86. The highest BCUT2D eigenvalue weighted by molar-refractivity contribution is 6.01. The number of carbonyl (C=O) groups excluding carboxylic acids is 2. The fraction of sp³-hybridized carbons (Fsp3) is 0.417. The molecular formula is C24H26O13. The van der Waals surface area contributed by atoms with Crippen molar-refractivity contribution in [3.8, 4) is 28.7 Å². The molecule has 2 aliphatic rings. The monoisotopic (exact) mass is 522 g/mol. The lowest BCUT2D eigenvalue weighted by Gasteiger charge is -2.40. The van der Waals surface area contributed by atoms with Crippen molar-refractivity contribution in [1.29, 1.82) is 0 Å². The summed E-state index contributed by atoms with van der Waals surface area (Å²) in [5.41, 5.74) is -0.378. The first-order valence-corrected chi connectivity index (χ1v) is 11.2. The summed E-state index contributed by atoms with van der Waals surface area (Å²) >= 11 is 0. The minimum absolute atomic E-state index is 0.00485. The molecule has 4 rings (SSSR count). The molecule has 0 spiro atoms. The van der Waals surface area contributed by atoms with Crippen LogP contribution < -0.4 is 9.47 Å². The summed E-state index contributed by atoms with van der Waals surface area (Å²) in [4.78, 5) is 24.7. The number of methoxy groups -OCH3 is 1. The van der Waals surface area contributed by atoms with Gasteiger partial charge in [-0.2, -0.15) is 0 Å². The SMILES string of the molecule is COc1c(O)cc(C(=O)OC[C@H]2O[C@@H](Oc3ccc(O)c4c3[C@@H](O)CCC4=O)[C@H](O)[C@@H](O)[C@@H]2O)cc1O. The number of phenols is 3. The lowest BCUT2D eigenvalue weighted by atomic mass is 9.87. The molecule has 0 aromatic heterocycles. The van der Waals surface area contributed by atoms with Crippen LogP contribution in [0.4, 0.5) is 0 Å². The molecule has 7 N–H and O–H groups in total. The van der Waals surface area contributed by atoms with Crippen molar-refractivity contribution in [1.82, 2.24) is 0 Å². The number of Topliss-reactive ketones (excluding diaryl/α,β-unsaturated/α-hetero) is 1. The minimum atomic E-state index is -1.80. The summed E-state index contributed by atoms with van der Waals surface area (Å²) in [5, 5.41) is 71.3. The zero-order chi connectivity index (χ0) is 27.0. The number of fused-ring (bicyclic) bond motifs is 1. The number of benzene rings is 2. The van der Waals surface area contributed by atoms with E-state index in [-0.39, 0.29) is 46.8 Å². The van der Waals surface area contributed by atoms with Crippen LogP contribution >= 0.6 is 0 Å². The number of rotatable bonds is 6. The van der Waals surface area contributed by atoms with E-state index < -0.39 is 66.7 Å². The molecule has 2 aromatic rings. The normalized spacial score (nSPS) is 27.3. The predicted octanol–water partition coefficient (Wildman–Crippen LogP) is -0.135. The first-order valence-electron chi connectivity index (χ1n) is 11.2. The second-order valence-corrected chi connectivity index (χ2v) is 8.63. The third kappa shape index (κ3) is 4.99. The molecule has 200 valence electrons. The number of ether oxygens (including phenoxy) is 4. The van der Waals surface area contributed by atoms with Crippen molar-refractivity contribution in [3.05, 3.63) is 41.0 Å². The van der Waals surface area contributed by atoms with Crippen molar-refractivity contribution in [2.24, 2.45) is 0 Å². The second kappa shape index (κ2) is 10.4. The fourth-order valence-electron chi connectivity index (χ4n) is 4.30. The van der Waals surface area contributed by atoms with Gasteiger partial charge in [0.15, 0.2) is 17.3 Å². The van der Waals surface area contributed by atoms with E-state index in [4.69, 9.17) is 18.9 Å². The Morgan fingerprint density at radius 1 is 1.00 bits per heavy atom. The van der Waals surface area contributed by atoms with Gasteiger partial charge in [-0.15, -0.1) is 0 Å². The Bertz CT molecular complexity index is 1170. The number of aromatic hydroxyl groups is 3. The zero-order valence-electron chi connectivity index (χ0n) is 19.5. The van der Waals surface area contributed by atoms with Crippen LogP contribution in [0.25, 0.3) is 0 Å². The third-order valence-electron chi connectivity index (χ3n) is 6.22. The first-order chi connectivity index (χ1) is 17.5. The van der Waals surface area contributed by atoms with Gasteiger partial charge in [-0.1, -0.05) is 0 Å². The van der Waals surface area contributed by atoms with E-state index in [2.05, 4.69) is 0 Å². The molecule has 13 nitrogen and oxygen atoms in total. The quantitative estimate of drug-likeness (QED) is 0.247. The van der Waals surface area contributed by atoms with E-state index in [0.29, 0.717) is 0 Å². The summed E-state index contributed by atoms with van der Waals surface area (Å²) in [6.45, 7) is -0.633. The molecule has 37 heavy (non-hydrogen) atoms. The standard InChI is InChI=1S/C24H26O13/c1-34-22-13(28)6-9(7-14(22)29)23(33)35-8-16-19(30)20(31)21(32)24(37-16)36-15-5-4-11(26)17-10(25)2-3-12(27)18(15)17/h4-7,12,16,19-21,24,26-32H,2-3,8H2,1H3/t12-,16+,19+,20-,21+,24+/m0/s1. The Labute approximate surface area is 209 Å². The predicted molar refractivity (Wildman–Crippen MR) is 121 cm³/mol. The van der Waals surface area contributed by atoms with Crippen LogP contribution in [0, 0.1) is 0 Å². The number of hydrogen-bond acceptors (Lipinski definition) is 13.